The molecule has 0 radical (unpaired) electrons. The van der Waals surface area contributed by atoms with Gasteiger partial charge >= 0.3 is 5.97 Å². The Morgan fingerprint density at radius 1 is 1.29 bits per heavy atom. The summed E-state index contributed by atoms with van der Waals surface area (Å²) < 4.78 is 5.26. The predicted octanol–water partition coefficient (Wildman–Crippen LogP) is 3.30. The molecule has 0 aliphatic heterocycles. The Hall–Kier alpha value is -1.75. The Morgan fingerprint density at radius 3 is 2.53 bits per heavy atom. The molecule has 0 spiro atoms. The van der Waals surface area contributed by atoms with Gasteiger partial charge in [0.15, 0.2) is 0 Å². The monoisotopic (exact) mass is 230 g/mol. The van der Waals surface area contributed by atoms with Gasteiger partial charge in [-0.05, 0) is 11.5 Å². The van der Waals surface area contributed by atoms with Crippen molar-refractivity contribution >= 4 is 5.97 Å². The molecule has 0 heterocycles. The molecule has 0 saturated carbocycles. The molecule has 1 rings (SSSR count). The number of carbonyl (C=O) groups is 1. The van der Waals surface area contributed by atoms with E-state index < -0.39 is 5.97 Å². The molecule has 0 amide bonds. The third-order valence-electron chi connectivity index (χ3n) is 2.26. The van der Waals surface area contributed by atoms with E-state index in [0.29, 0.717) is 12.2 Å². The summed E-state index contributed by atoms with van der Waals surface area (Å²) in [6.07, 6.45) is 0.649. The highest BCUT2D eigenvalue weighted by Gasteiger charge is 2.19. The summed E-state index contributed by atoms with van der Waals surface area (Å²) in [6, 6.07) is 7.56. The van der Waals surface area contributed by atoms with Crippen molar-refractivity contribution in [1.82, 2.24) is 0 Å². The van der Waals surface area contributed by atoms with Gasteiger partial charge in [-0.3, -0.25) is 0 Å². The van der Waals surface area contributed by atoms with Gasteiger partial charge in [-0.1, -0.05) is 51.8 Å². The summed E-state index contributed by atoms with van der Waals surface area (Å²) in [5.74, 6) is 5.25. The van der Waals surface area contributed by atoms with Crippen LogP contribution in [-0.4, -0.2) is 5.97 Å². The van der Waals surface area contributed by atoms with Gasteiger partial charge in [0.1, 0.15) is 5.75 Å². The third kappa shape index (κ3) is 3.96. The van der Waals surface area contributed by atoms with Gasteiger partial charge in [0.25, 0.3) is 0 Å². The Bertz CT molecular complexity index is 456. The fourth-order valence-electron chi connectivity index (χ4n) is 1.46. The van der Waals surface area contributed by atoms with E-state index in [0.717, 1.165) is 5.56 Å². The van der Waals surface area contributed by atoms with Gasteiger partial charge in [-0.15, -0.1) is 0 Å². The molecule has 0 aliphatic carbocycles. The lowest BCUT2D eigenvalue weighted by molar-refractivity contribution is -0.128. The molecular weight excluding hydrogens is 212 g/mol. The summed E-state index contributed by atoms with van der Waals surface area (Å²) in [6.45, 7) is 8.13. The van der Waals surface area contributed by atoms with Crippen LogP contribution >= 0.6 is 0 Å². The summed E-state index contributed by atoms with van der Waals surface area (Å²) in [7, 11) is 0. The van der Waals surface area contributed by atoms with Crippen molar-refractivity contribution < 1.29 is 9.53 Å². The Balaban J connectivity index is 2.96. The maximum atomic E-state index is 11.5. The molecule has 0 aromatic heterocycles. The van der Waals surface area contributed by atoms with Crippen LogP contribution in [0, 0.1) is 11.8 Å². The number of para-hydroxylation sites is 1. The van der Waals surface area contributed by atoms with Crippen LogP contribution in [0.5, 0.6) is 5.75 Å². The first-order chi connectivity index (χ1) is 7.95. The molecule has 0 aliphatic rings. The van der Waals surface area contributed by atoms with Gasteiger partial charge in [0, 0.05) is 17.9 Å². The number of esters is 1. The first kappa shape index (κ1) is 13.3. The fourth-order valence-corrected chi connectivity index (χ4v) is 1.46. The van der Waals surface area contributed by atoms with E-state index in [1.54, 1.807) is 6.07 Å². The minimum Gasteiger partial charge on any atom is -0.417 e. The fraction of sp³-hybridized carbons (Fsp3) is 0.400. The zero-order valence-corrected chi connectivity index (χ0v) is 10.8. The molecule has 90 valence electrons. The van der Waals surface area contributed by atoms with Gasteiger partial charge in [-0.25, -0.2) is 4.79 Å². The predicted molar refractivity (Wildman–Crippen MR) is 68.8 cm³/mol. The van der Waals surface area contributed by atoms with Crippen LogP contribution in [0.15, 0.2) is 24.3 Å². The maximum Gasteiger partial charge on any atom is 0.389 e. The Labute approximate surface area is 103 Å². The zero-order valence-electron chi connectivity index (χ0n) is 10.8. The van der Waals surface area contributed by atoms with Gasteiger partial charge in [-0.2, -0.15) is 0 Å². The highest BCUT2D eigenvalue weighted by molar-refractivity contribution is 5.90. The van der Waals surface area contributed by atoms with Gasteiger partial charge in [0.05, 0.1) is 0 Å². The van der Waals surface area contributed by atoms with E-state index in [1.807, 2.05) is 25.1 Å². The topological polar surface area (TPSA) is 26.3 Å². The smallest absolute Gasteiger partial charge is 0.389 e. The number of hydrogen-bond donors (Lipinski definition) is 0. The highest BCUT2D eigenvalue weighted by atomic mass is 16.5. The zero-order chi connectivity index (χ0) is 12.9. The maximum absolute atomic E-state index is 11.5. The quantitative estimate of drug-likeness (QED) is 0.320. The Kier molecular flexibility index (Phi) is 4.34. The molecule has 0 N–H and O–H groups in total. The van der Waals surface area contributed by atoms with Crippen molar-refractivity contribution in [2.75, 3.05) is 0 Å². The van der Waals surface area contributed by atoms with E-state index in [9.17, 15) is 4.79 Å². The largest absolute Gasteiger partial charge is 0.417 e. The van der Waals surface area contributed by atoms with Crippen molar-refractivity contribution in [2.24, 2.45) is 0 Å². The molecule has 0 fully saturated rings. The number of benzene rings is 1. The van der Waals surface area contributed by atoms with Crippen molar-refractivity contribution in [3.63, 3.8) is 0 Å². The van der Waals surface area contributed by atoms with E-state index in [4.69, 9.17) is 4.74 Å². The normalized spacial score (nSPS) is 10.4. The molecule has 1 aromatic carbocycles. The van der Waals surface area contributed by atoms with Crippen molar-refractivity contribution in [2.45, 2.75) is 39.5 Å². The van der Waals surface area contributed by atoms with E-state index in [1.165, 1.54) is 0 Å². The molecule has 0 saturated heterocycles. The van der Waals surface area contributed by atoms with Crippen LogP contribution < -0.4 is 4.74 Å². The number of hydrogen-bond acceptors (Lipinski definition) is 2. The SMILES string of the molecule is CCC#CC(=O)Oc1ccccc1C(C)(C)C. The van der Waals surface area contributed by atoms with Crippen LogP contribution in [0.1, 0.15) is 39.7 Å². The summed E-state index contributed by atoms with van der Waals surface area (Å²) >= 11 is 0. The van der Waals surface area contributed by atoms with E-state index >= 15 is 0 Å². The van der Waals surface area contributed by atoms with Crippen LogP contribution in [0.4, 0.5) is 0 Å². The van der Waals surface area contributed by atoms with Crippen LogP contribution in [0.3, 0.4) is 0 Å². The van der Waals surface area contributed by atoms with Crippen LogP contribution in [0.2, 0.25) is 0 Å². The Morgan fingerprint density at radius 2 is 1.94 bits per heavy atom. The minimum absolute atomic E-state index is 0.0605. The minimum atomic E-state index is -0.497. The molecule has 0 atom stereocenters. The van der Waals surface area contributed by atoms with Gasteiger partial charge in [0.2, 0.25) is 0 Å². The van der Waals surface area contributed by atoms with Crippen molar-refractivity contribution in [1.29, 1.82) is 0 Å². The van der Waals surface area contributed by atoms with E-state index in [2.05, 4.69) is 32.6 Å². The molecule has 2 nitrogen and oxygen atoms in total. The number of ether oxygens (including phenoxy) is 1. The summed E-state index contributed by atoms with van der Waals surface area (Å²) in [5.41, 5.74) is 0.946. The summed E-state index contributed by atoms with van der Waals surface area (Å²) in [5, 5.41) is 0. The molecule has 1 aromatic rings. The lowest BCUT2D eigenvalue weighted by Crippen LogP contribution is -2.15. The second-order valence-corrected chi connectivity index (χ2v) is 4.79. The van der Waals surface area contributed by atoms with Crippen LogP contribution in [-0.2, 0) is 10.2 Å². The number of carbonyl (C=O) groups excluding carboxylic acids is 1. The molecule has 17 heavy (non-hydrogen) atoms. The van der Waals surface area contributed by atoms with Crippen molar-refractivity contribution in [3.8, 4) is 17.6 Å². The second kappa shape index (κ2) is 5.54. The number of rotatable bonds is 1. The molecule has 2 heteroatoms. The first-order valence-electron chi connectivity index (χ1n) is 5.75. The third-order valence-corrected chi connectivity index (χ3v) is 2.26. The van der Waals surface area contributed by atoms with Gasteiger partial charge < -0.3 is 4.74 Å². The lowest BCUT2D eigenvalue weighted by Gasteiger charge is -2.21. The van der Waals surface area contributed by atoms with Crippen molar-refractivity contribution in [3.05, 3.63) is 29.8 Å². The molecule has 0 bridgehead atoms. The molecular formula is C15H18O2. The highest BCUT2D eigenvalue weighted by Crippen LogP contribution is 2.30. The van der Waals surface area contributed by atoms with Crippen LogP contribution in [0.25, 0.3) is 0 Å². The summed E-state index contributed by atoms with van der Waals surface area (Å²) in [4.78, 5) is 11.5. The standard InChI is InChI=1S/C15H18O2/c1-5-6-11-14(16)17-13-10-8-7-9-12(13)15(2,3)4/h7-10H,5H2,1-4H3. The lowest BCUT2D eigenvalue weighted by atomic mass is 9.86. The first-order valence-corrected chi connectivity index (χ1v) is 5.75. The average molecular weight is 230 g/mol. The average Bonchev–Trinajstić information content (AvgIpc) is 2.25. The second-order valence-electron chi connectivity index (χ2n) is 4.79. The molecule has 0 unspecified atom stereocenters. The van der Waals surface area contributed by atoms with E-state index in [-0.39, 0.29) is 5.41 Å².